The summed E-state index contributed by atoms with van der Waals surface area (Å²) >= 11 is 0. The van der Waals surface area contributed by atoms with E-state index in [0.29, 0.717) is 12.1 Å². The zero-order chi connectivity index (χ0) is 10.0. The first-order valence-corrected chi connectivity index (χ1v) is 3.19. The highest BCUT2D eigenvalue weighted by Gasteiger charge is 2.14. The molecule has 13 heavy (non-hydrogen) atoms. The van der Waals surface area contributed by atoms with Crippen LogP contribution in [-0.4, -0.2) is 16.1 Å². The Morgan fingerprint density at radius 2 is 2.08 bits per heavy atom. The number of carbonyl (C=O) groups is 1. The summed E-state index contributed by atoms with van der Waals surface area (Å²) in [5.41, 5.74) is -1.42. The number of rotatable bonds is 2. The molecule has 0 radical (unpaired) electrons. The van der Waals surface area contributed by atoms with E-state index in [1.807, 2.05) is 0 Å². The quantitative estimate of drug-likeness (QED) is 0.725. The van der Waals surface area contributed by atoms with Gasteiger partial charge >= 0.3 is 5.97 Å². The van der Waals surface area contributed by atoms with Crippen LogP contribution in [0.3, 0.4) is 0 Å². The molecule has 70 valence electrons. The lowest BCUT2D eigenvalue weighted by Crippen LogP contribution is -2.02. The monoisotopic (exact) mass is 191 g/mol. The van der Waals surface area contributed by atoms with E-state index in [1.165, 1.54) is 0 Å². The molecule has 1 N–H and O–H groups in total. The fourth-order valence-electron chi connectivity index (χ4n) is 0.752. The molecule has 0 spiro atoms. The van der Waals surface area contributed by atoms with Crippen LogP contribution >= 0.6 is 0 Å². The van der Waals surface area contributed by atoms with Gasteiger partial charge in [-0.1, -0.05) is 0 Å². The van der Waals surface area contributed by atoms with Crippen LogP contribution in [-0.2, 0) is 0 Å². The minimum Gasteiger partial charge on any atom is -0.478 e. The number of alkyl halides is 2. The first-order valence-electron chi connectivity index (χ1n) is 3.19. The molecule has 1 aromatic rings. The lowest BCUT2D eigenvalue weighted by Gasteiger charge is -2.00. The van der Waals surface area contributed by atoms with Gasteiger partial charge < -0.3 is 5.11 Å². The van der Waals surface area contributed by atoms with Crippen molar-refractivity contribution in [3.63, 3.8) is 0 Å². The second-order valence-corrected chi connectivity index (χ2v) is 2.21. The molecule has 0 saturated heterocycles. The van der Waals surface area contributed by atoms with E-state index in [9.17, 15) is 18.0 Å². The molecule has 0 fully saturated rings. The van der Waals surface area contributed by atoms with Gasteiger partial charge in [-0.2, -0.15) is 4.39 Å². The van der Waals surface area contributed by atoms with Crippen molar-refractivity contribution in [3.05, 3.63) is 29.3 Å². The smallest absolute Gasteiger partial charge is 0.335 e. The van der Waals surface area contributed by atoms with Crippen LogP contribution in [0.2, 0.25) is 0 Å². The van der Waals surface area contributed by atoms with Crippen molar-refractivity contribution in [3.8, 4) is 0 Å². The van der Waals surface area contributed by atoms with Crippen LogP contribution in [0.5, 0.6) is 0 Å². The molecule has 0 saturated carbocycles. The minimum absolute atomic E-state index is 0.539. The maximum atomic E-state index is 12.4. The van der Waals surface area contributed by atoms with Crippen LogP contribution in [0.1, 0.15) is 22.5 Å². The van der Waals surface area contributed by atoms with Gasteiger partial charge in [0.05, 0.1) is 5.56 Å². The average molecular weight is 191 g/mol. The van der Waals surface area contributed by atoms with Crippen molar-refractivity contribution in [1.82, 2.24) is 4.98 Å². The number of hydrogen-bond acceptors (Lipinski definition) is 2. The van der Waals surface area contributed by atoms with Gasteiger partial charge in [0.15, 0.2) is 0 Å². The second kappa shape index (κ2) is 3.42. The molecule has 1 heterocycles. The van der Waals surface area contributed by atoms with Crippen molar-refractivity contribution in [1.29, 1.82) is 0 Å². The number of carboxylic acid groups (broad SMARTS) is 1. The lowest BCUT2D eigenvalue weighted by atomic mass is 10.2. The van der Waals surface area contributed by atoms with E-state index in [1.54, 1.807) is 0 Å². The number of pyridine rings is 1. The van der Waals surface area contributed by atoms with Crippen molar-refractivity contribution < 1.29 is 23.1 Å². The highest BCUT2D eigenvalue weighted by atomic mass is 19.3. The molecule has 6 heteroatoms. The highest BCUT2D eigenvalue weighted by Crippen LogP contribution is 2.17. The molecule has 0 aliphatic carbocycles. The van der Waals surface area contributed by atoms with Gasteiger partial charge in [0.1, 0.15) is 5.69 Å². The van der Waals surface area contributed by atoms with Gasteiger partial charge in [0.2, 0.25) is 5.95 Å². The first kappa shape index (κ1) is 9.50. The number of hydrogen-bond donors (Lipinski definition) is 1. The van der Waals surface area contributed by atoms with Crippen LogP contribution in [0.25, 0.3) is 0 Å². The third kappa shape index (κ3) is 2.17. The zero-order valence-corrected chi connectivity index (χ0v) is 6.17. The molecule has 0 aliphatic heterocycles. The predicted octanol–water partition coefficient (Wildman–Crippen LogP) is 1.86. The van der Waals surface area contributed by atoms with E-state index in [-0.39, 0.29) is 0 Å². The van der Waals surface area contributed by atoms with Crippen molar-refractivity contribution in [2.75, 3.05) is 0 Å². The third-order valence-corrected chi connectivity index (χ3v) is 1.28. The molecule has 0 aliphatic rings. The largest absolute Gasteiger partial charge is 0.478 e. The van der Waals surface area contributed by atoms with Crippen LogP contribution in [0.15, 0.2) is 12.1 Å². The highest BCUT2D eigenvalue weighted by molar-refractivity contribution is 5.87. The zero-order valence-electron chi connectivity index (χ0n) is 6.17. The van der Waals surface area contributed by atoms with Crippen molar-refractivity contribution in [2.24, 2.45) is 0 Å². The third-order valence-electron chi connectivity index (χ3n) is 1.28. The van der Waals surface area contributed by atoms with Crippen LogP contribution in [0.4, 0.5) is 13.2 Å². The summed E-state index contributed by atoms with van der Waals surface area (Å²) < 4.78 is 36.4. The summed E-state index contributed by atoms with van der Waals surface area (Å²) in [6.07, 6.45) is -2.98. The van der Waals surface area contributed by atoms with Gasteiger partial charge in [0, 0.05) is 6.07 Å². The van der Waals surface area contributed by atoms with Gasteiger partial charge in [-0.25, -0.2) is 18.6 Å². The molecule has 3 nitrogen and oxygen atoms in total. The summed E-state index contributed by atoms with van der Waals surface area (Å²) in [7, 11) is 0. The Morgan fingerprint density at radius 3 is 2.54 bits per heavy atom. The normalized spacial score (nSPS) is 10.5. The SMILES string of the molecule is O=C(O)c1cc(F)nc(C(F)F)c1. The molecule has 1 aromatic heterocycles. The molecule has 0 atom stereocenters. The standard InChI is InChI=1S/C7H4F3NO2/c8-5-2-3(7(12)13)1-4(11-5)6(9)10/h1-2,6H,(H,12,13). The maximum Gasteiger partial charge on any atom is 0.335 e. The van der Waals surface area contributed by atoms with E-state index in [0.717, 1.165) is 0 Å². The van der Waals surface area contributed by atoms with Gasteiger partial charge in [0.25, 0.3) is 6.43 Å². The topological polar surface area (TPSA) is 50.2 Å². The lowest BCUT2D eigenvalue weighted by molar-refractivity contribution is 0.0695. The summed E-state index contributed by atoms with van der Waals surface area (Å²) in [4.78, 5) is 13.1. The van der Waals surface area contributed by atoms with Gasteiger partial charge in [-0.3, -0.25) is 0 Å². The molecular weight excluding hydrogens is 187 g/mol. The fourth-order valence-corrected chi connectivity index (χ4v) is 0.752. The Bertz CT molecular complexity index is 341. The molecule has 0 amide bonds. The van der Waals surface area contributed by atoms with Crippen molar-refractivity contribution in [2.45, 2.75) is 6.43 Å². The number of aromatic nitrogens is 1. The second-order valence-electron chi connectivity index (χ2n) is 2.21. The Hall–Kier alpha value is -1.59. The fraction of sp³-hybridized carbons (Fsp3) is 0.143. The van der Waals surface area contributed by atoms with Gasteiger partial charge in [-0.05, 0) is 6.07 Å². The van der Waals surface area contributed by atoms with E-state index < -0.39 is 29.6 Å². The molecule has 0 aromatic carbocycles. The molecule has 0 bridgehead atoms. The minimum atomic E-state index is -2.98. The van der Waals surface area contributed by atoms with Crippen molar-refractivity contribution >= 4 is 5.97 Å². The average Bonchev–Trinajstić information content (AvgIpc) is 2.03. The maximum absolute atomic E-state index is 12.4. The Balaban J connectivity index is 3.19. The van der Waals surface area contributed by atoms with E-state index in [4.69, 9.17) is 5.11 Å². The summed E-state index contributed by atoms with van der Waals surface area (Å²) in [6, 6.07) is 1.21. The van der Waals surface area contributed by atoms with Gasteiger partial charge in [-0.15, -0.1) is 0 Å². The number of aromatic carboxylic acids is 1. The molecular formula is C7H4F3NO2. The Kier molecular flexibility index (Phi) is 2.50. The van der Waals surface area contributed by atoms with Crippen LogP contribution < -0.4 is 0 Å². The van der Waals surface area contributed by atoms with E-state index >= 15 is 0 Å². The number of nitrogens with zero attached hydrogens (tertiary/aromatic N) is 1. The Morgan fingerprint density at radius 1 is 1.46 bits per heavy atom. The van der Waals surface area contributed by atoms with E-state index in [2.05, 4.69) is 4.98 Å². The molecule has 1 rings (SSSR count). The predicted molar refractivity (Wildman–Crippen MR) is 36.1 cm³/mol. The Labute approximate surface area is 70.8 Å². The summed E-state index contributed by atoms with van der Waals surface area (Å²) in [5.74, 6) is -2.70. The number of halogens is 3. The summed E-state index contributed by atoms with van der Waals surface area (Å²) in [5, 5.41) is 8.38. The summed E-state index contributed by atoms with van der Waals surface area (Å²) in [6.45, 7) is 0. The first-order chi connectivity index (χ1) is 6.00. The number of carboxylic acids is 1. The van der Waals surface area contributed by atoms with Crippen LogP contribution in [0, 0.1) is 5.95 Å². The molecule has 0 unspecified atom stereocenters.